The monoisotopic (exact) mass is 272 g/mol. The Bertz CT molecular complexity index is 497. The van der Waals surface area contributed by atoms with E-state index in [0.29, 0.717) is 12.1 Å². The van der Waals surface area contributed by atoms with Gasteiger partial charge in [0.25, 0.3) is 5.91 Å². The first kappa shape index (κ1) is 16.3. The summed E-state index contributed by atoms with van der Waals surface area (Å²) in [5.41, 5.74) is 7.86. The van der Waals surface area contributed by atoms with Gasteiger partial charge in [0.1, 0.15) is 0 Å². The molecule has 108 valence electrons. The summed E-state index contributed by atoms with van der Waals surface area (Å²) in [6, 6.07) is 5.69. The van der Waals surface area contributed by atoms with Crippen molar-refractivity contribution >= 4 is 5.91 Å². The zero-order valence-corrected chi connectivity index (χ0v) is 12.5. The second kappa shape index (κ2) is 9.17. The maximum atomic E-state index is 12.2. The molecule has 0 spiro atoms. The second-order valence-electron chi connectivity index (χ2n) is 4.87. The topological polar surface area (TPSA) is 55.1 Å². The van der Waals surface area contributed by atoms with E-state index in [9.17, 15) is 4.79 Å². The van der Waals surface area contributed by atoms with Crippen LogP contribution in [0.25, 0.3) is 0 Å². The van der Waals surface area contributed by atoms with Crippen LogP contribution in [0.1, 0.15) is 54.1 Å². The number of hydrogen-bond donors (Lipinski definition) is 2. The van der Waals surface area contributed by atoms with Crippen LogP contribution in [0.4, 0.5) is 0 Å². The van der Waals surface area contributed by atoms with Crippen LogP contribution in [-0.4, -0.2) is 19.0 Å². The molecule has 20 heavy (non-hydrogen) atoms. The lowest BCUT2D eigenvalue weighted by atomic mass is 10.0. The predicted octanol–water partition coefficient (Wildman–Crippen LogP) is 2.62. The molecule has 3 N–H and O–H groups in total. The molecule has 1 rings (SSSR count). The van der Waals surface area contributed by atoms with E-state index < -0.39 is 0 Å². The van der Waals surface area contributed by atoms with Gasteiger partial charge in [0.15, 0.2) is 0 Å². The van der Waals surface area contributed by atoms with E-state index in [2.05, 4.69) is 24.1 Å². The van der Waals surface area contributed by atoms with Crippen LogP contribution in [0.15, 0.2) is 18.2 Å². The predicted molar refractivity (Wildman–Crippen MR) is 83.6 cm³/mol. The summed E-state index contributed by atoms with van der Waals surface area (Å²) in [6.45, 7) is 5.18. The molecule has 0 bridgehead atoms. The lowest BCUT2D eigenvalue weighted by Gasteiger charge is -2.07. The minimum Gasteiger partial charge on any atom is -0.352 e. The summed E-state index contributed by atoms with van der Waals surface area (Å²) in [7, 11) is 0. The molecule has 0 fully saturated rings. The first-order chi connectivity index (χ1) is 9.69. The Morgan fingerprint density at radius 3 is 2.80 bits per heavy atom. The standard InChI is InChI=1S/C17H24N2O/c1-3-4-5-6-12-19-17(20)16-10-9-14(2)13-15(16)8-7-11-18/h9-10,13H,3-6,11-12,18H2,1-2H3,(H,19,20). The second-order valence-corrected chi connectivity index (χ2v) is 4.87. The number of nitrogens with two attached hydrogens (primary N) is 1. The van der Waals surface area contributed by atoms with Gasteiger partial charge in [-0.2, -0.15) is 0 Å². The highest BCUT2D eigenvalue weighted by atomic mass is 16.1. The fraction of sp³-hybridized carbons (Fsp3) is 0.471. The van der Waals surface area contributed by atoms with E-state index in [1.165, 1.54) is 12.8 Å². The zero-order valence-electron chi connectivity index (χ0n) is 12.5. The van der Waals surface area contributed by atoms with Crippen molar-refractivity contribution in [1.82, 2.24) is 5.32 Å². The van der Waals surface area contributed by atoms with E-state index in [4.69, 9.17) is 5.73 Å². The van der Waals surface area contributed by atoms with Crippen molar-refractivity contribution in [3.05, 3.63) is 34.9 Å². The van der Waals surface area contributed by atoms with Crippen LogP contribution >= 0.6 is 0 Å². The van der Waals surface area contributed by atoms with Gasteiger partial charge >= 0.3 is 0 Å². The van der Waals surface area contributed by atoms with Crippen LogP contribution < -0.4 is 11.1 Å². The van der Waals surface area contributed by atoms with Gasteiger partial charge in [-0.1, -0.05) is 44.1 Å². The summed E-state index contributed by atoms with van der Waals surface area (Å²) < 4.78 is 0. The van der Waals surface area contributed by atoms with Crippen molar-refractivity contribution in [2.75, 3.05) is 13.1 Å². The van der Waals surface area contributed by atoms with Crippen molar-refractivity contribution in [2.45, 2.75) is 39.5 Å². The van der Waals surface area contributed by atoms with Crippen LogP contribution in [0.3, 0.4) is 0 Å². The molecule has 1 aromatic rings. The molecule has 0 heterocycles. The third kappa shape index (κ3) is 5.46. The molecule has 3 heteroatoms. The molecule has 0 unspecified atom stereocenters. The summed E-state index contributed by atoms with van der Waals surface area (Å²) >= 11 is 0. The average molecular weight is 272 g/mol. The van der Waals surface area contributed by atoms with Gasteiger partial charge < -0.3 is 11.1 Å². The molecular formula is C17H24N2O. The van der Waals surface area contributed by atoms with Gasteiger partial charge in [0, 0.05) is 12.1 Å². The zero-order chi connectivity index (χ0) is 14.8. The van der Waals surface area contributed by atoms with Crippen molar-refractivity contribution in [1.29, 1.82) is 0 Å². The molecule has 0 aliphatic heterocycles. The highest BCUT2D eigenvalue weighted by Gasteiger charge is 2.09. The van der Waals surface area contributed by atoms with Crippen molar-refractivity contribution in [3.63, 3.8) is 0 Å². The Morgan fingerprint density at radius 1 is 1.30 bits per heavy atom. The maximum Gasteiger partial charge on any atom is 0.252 e. The highest BCUT2D eigenvalue weighted by Crippen LogP contribution is 2.11. The van der Waals surface area contributed by atoms with Gasteiger partial charge in [-0.3, -0.25) is 4.79 Å². The largest absolute Gasteiger partial charge is 0.352 e. The Morgan fingerprint density at radius 2 is 2.10 bits per heavy atom. The summed E-state index contributed by atoms with van der Waals surface area (Å²) in [6.07, 6.45) is 4.60. The first-order valence-corrected chi connectivity index (χ1v) is 7.26. The van der Waals surface area contributed by atoms with Gasteiger partial charge in [-0.25, -0.2) is 0 Å². The first-order valence-electron chi connectivity index (χ1n) is 7.26. The number of carbonyl (C=O) groups excluding carboxylic acids is 1. The van der Waals surface area contributed by atoms with E-state index in [1.54, 1.807) is 0 Å². The summed E-state index contributed by atoms with van der Waals surface area (Å²) in [5, 5.41) is 2.96. The Hall–Kier alpha value is -1.79. The quantitative estimate of drug-likeness (QED) is 0.618. The molecule has 0 atom stereocenters. The SMILES string of the molecule is CCCCCCNC(=O)c1ccc(C)cc1C#CCN. The number of benzene rings is 1. The fourth-order valence-electron chi connectivity index (χ4n) is 1.95. The van der Waals surface area contributed by atoms with Crippen LogP contribution in [-0.2, 0) is 0 Å². The number of hydrogen-bond acceptors (Lipinski definition) is 2. The lowest BCUT2D eigenvalue weighted by Crippen LogP contribution is -2.25. The number of carbonyl (C=O) groups is 1. The Kier molecular flexibility index (Phi) is 7.46. The van der Waals surface area contributed by atoms with Gasteiger partial charge in [-0.15, -0.1) is 0 Å². The number of aryl methyl sites for hydroxylation is 1. The van der Waals surface area contributed by atoms with Crippen LogP contribution in [0, 0.1) is 18.8 Å². The summed E-state index contributed by atoms with van der Waals surface area (Å²) in [4.78, 5) is 12.2. The number of rotatable bonds is 6. The van der Waals surface area contributed by atoms with Crippen molar-refractivity contribution in [3.8, 4) is 11.8 Å². The van der Waals surface area contributed by atoms with E-state index in [-0.39, 0.29) is 5.91 Å². The number of unbranched alkanes of at least 4 members (excludes halogenated alkanes) is 3. The Balaban J connectivity index is 2.67. The fourth-order valence-corrected chi connectivity index (χ4v) is 1.95. The molecule has 0 aliphatic carbocycles. The molecule has 3 nitrogen and oxygen atoms in total. The van der Waals surface area contributed by atoms with Crippen molar-refractivity contribution in [2.24, 2.45) is 5.73 Å². The van der Waals surface area contributed by atoms with E-state index >= 15 is 0 Å². The van der Waals surface area contributed by atoms with E-state index in [0.717, 1.165) is 30.5 Å². The molecular weight excluding hydrogens is 248 g/mol. The summed E-state index contributed by atoms with van der Waals surface area (Å²) in [5.74, 6) is 5.73. The van der Waals surface area contributed by atoms with Crippen LogP contribution in [0.2, 0.25) is 0 Å². The van der Waals surface area contributed by atoms with Gasteiger partial charge in [-0.05, 0) is 31.0 Å². The molecule has 0 radical (unpaired) electrons. The maximum absolute atomic E-state index is 12.2. The minimum atomic E-state index is -0.0529. The van der Waals surface area contributed by atoms with Gasteiger partial charge in [0.05, 0.1) is 12.1 Å². The molecule has 0 aromatic heterocycles. The minimum absolute atomic E-state index is 0.0529. The molecule has 1 aromatic carbocycles. The number of amides is 1. The molecule has 1 amide bonds. The third-order valence-electron chi connectivity index (χ3n) is 3.06. The average Bonchev–Trinajstić information content (AvgIpc) is 2.44. The Labute approximate surface area is 121 Å². The molecule has 0 saturated heterocycles. The molecule has 0 aliphatic rings. The van der Waals surface area contributed by atoms with Crippen molar-refractivity contribution < 1.29 is 4.79 Å². The van der Waals surface area contributed by atoms with Crippen LogP contribution in [0.5, 0.6) is 0 Å². The highest BCUT2D eigenvalue weighted by molar-refractivity contribution is 5.96. The molecule has 0 saturated carbocycles. The van der Waals surface area contributed by atoms with Gasteiger partial charge in [0.2, 0.25) is 0 Å². The van der Waals surface area contributed by atoms with E-state index in [1.807, 2.05) is 25.1 Å². The normalized spacial score (nSPS) is 9.75. The third-order valence-corrected chi connectivity index (χ3v) is 3.06. The number of nitrogens with one attached hydrogen (secondary N) is 1. The lowest BCUT2D eigenvalue weighted by molar-refractivity contribution is 0.0952. The smallest absolute Gasteiger partial charge is 0.252 e.